The lowest BCUT2D eigenvalue weighted by atomic mass is 9.81. The molecule has 1 heterocycles. The summed E-state index contributed by atoms with van der Waals surface area (Å²) >= 11 is 0. The summed E-state index contributed by atoms with van der Waals surface area (Å²) in [5.41, 5.74) is -0.437. The predicted octanol–water partition coefficient (Wildman–Crippen LogP) is 5.23. The summed E-state index contributed by atoms with van der Waals surface area (Å²) in [7, 11) is 0. The Morgan fingerprint density at radius 3 is 1.95 bits per heavy atom. The average Bonchev–Trinajstić information content (AvgIpc) is 2.35. The highest BCUT2D eigenvalue weighted by Gasteiger charge is 2.59. The van der Waals surface area contributed by atoms with Gasteiger partial charge in [0.1, 0.15) is 6.61 Å². The molecule has 0 atom stereocenters. The van der Waals surface area contributed by atoms with Gasteiger partial charge in [-0.2, -0.15) is 10.0 Å². The van der Waals surface area contributed by atoms with E-state index in [1.807, 2.05) is 0 Å². The molecule has 0 saturated carbocycles. The average molecular weight is 286 g/mol. The van der Waals surface area contributed by atoms with Gasteiger partial charge in [-0.3, -0.25) is 0 Å². The van der Waals surface area contributed by atoms with Crippen LogP contribution in [0.4, 0.5) is 0 Å². The lowest BCUT2D eigenvalue weighted by molar-refractivity contribution is -1.30. The molecule has 0 spiro atoms. The van der Waals surface area contributed by atoms with Crippen LogP contribution in [0.15, 0.2) is 0 Å². The van der Waals surface area contributed by atoms with Gasteiger partial charge in [-0.15, -0.1) is 0 Å². The maximum absolute atomic E-state index is 11.1. The first-order valence-electron chi connectivity index (χ1n) is 8.53. The molecule has 0 aromatic heterocycles. The quantitative estimate of drug-likeness (QED) is 0.489. The molecule has 1 fully saturated rings. The Morgan fingerprint density at radius 2 is 1.40 bits per heavy atom. The summed E-state index contributed by atoms with van der Waals surface area (Å²) in [5.74, 6) is 0. The molecule has 20 heavy (non-hydrogen) atoms. The van der Waals surface area contributed by atoms with E-state index in [0.29, 0.717) is 6.61 Å². The van der Waals surface area contributed by atoms with Gasteiger partial charge in [0.15, 0.2) is 11.1 Å². The van der Waals surface area contributed by atoms with Crippen molar-refractivity contribution in [2.24, 2.45) is 0 Å². The summed E-state index contributed by atoms with van der Waals surface area (Å²) in [4.78, 5) is 5.77. The number of piperidine rings is 1. The van der Waals surface area contributed by atoms with Crippen LogP contribution in [-0.2, 0) is 4.84 Å². The van der Waals surface area contributed by atoms with Crippen molar-refractivity contribution in [3.8, 4) is 0 Å². The van der Waals surface area contributed by atoms with Crippen LogP contribution in [0.5, 0.6) is 0 Å². The van der Waals surface area contributed by atoms with Crippen LogP contribution < -0.4 is 0 Å². The zero-order valence-electron chi connectivity index (χ0n) is 14.4. The van der Waals surface area contributed by atoms with Crippen LogP contribution in [0.3, 0.4) is 0 Å². The fraction of sp³-hybridized carbons (Fsp3) is 1.00. The Morgan fingerprint density at radius 1 is 0.900 bits per heavy atom. The first-order chi connectivity index (χ1) is 9.27. The molecular weight excluding hydrogens is 250 g/mol. The van der Waals surface area contributed by atoms with Gasteiger partial charge in [0, 0.05) is 12.8 Å². The zero-order valence-corrected chi connectivity index (χ0v) is 14.4. The van der Waals surface area contributed by atoms with Gasteiger partial charge in [-0.1, -0.05) is 39.0 Å². The van der Waals surface area contributed by atoms with Crippen molar-refractivity contribution in [1.82, 2.24) is 0 Å². The van der Waals surface area contributed by atoms with E-state index in [1.165, 1.54) is 38.5 Å². The van der Waals surface area contributed by atoms with Crippen molar-refractivity contribution >= 4 is 0 Å². The Hall–Kier alpha value is -0.120. The van der Waals surface area contributed by atoms with Crippen LogP contribution >= 0.6 is 0 Å². The molecule has 0 aromatic rings. The van der Waals surface area contributed by atoms with Crippen LogP contribution in [0.1, 0.15) is 92.4 Å². The molecule has 0 aliphatic carbocycles. The largest absolute Gasteiger partial charge is 0.181 e. The summed E-state index contributed by atoms with van der Waals surface area (Å²) < 4.78 is 0. The van der Waals surface area contributed by atoms with Crippen molar-refractivity contribution in [3.63, 3.8) is 0 Å². The number of hydrogen-bond donors (Lipinski definition) is 1. The number of quaternary nitrogens is 1. The molecule has 0 bridgehead atoms. The molecule has 120 valence electrons. The molecule has 3 heteroatoms. The maximum atomic E-state index is 11.1. The third-order valence-corrected chi connectivity index (χ3v) is 4.99. The van der Waals surface area contributed by atoms with Gasteiger partial charge in [-0.25, -0.2) is 0 Å². The molecule has 0 unspecified atom stereocenters. The lowest BCUT2D eigenvalue weighted by Gasteiger charge is -2.52. The van der Waals surface area contributed by atoms with E-state index in [1.54, 1.807) is 0 Å². The number of unbranched alkanes of at least 4 members (excludes halogenated alkanes) is 5. The molecule has 1 aliphatic heterocycles. The molecule has 1 N–H and O–H groups in total. The molecule has 3 nitrogen and oxygen atoms in total. The van der Waals surface area contributed by atoms with Crippen molar-refractivity contribution in [2.45, 2.75) is 103 Å². The van der Waals surface area contributed by atoms with Crippen LogP contribution in [0, 0.1) is 0 Å². The minimum Gasteiger partial charge on any atom is -0.181 e. The monoisotopic (exact) mass is 286 g/mol. The fourth-order valence-corrected chi connectivity index (χ4v) is 3.50. The van der Waals surface area contributed by atoms with Crippen LogP contribution in [0.25, 0.3) is 0 Å². The summed E-state index contributed by atoms with van der Waals surface area (Å²) in [6.45, 7) is 11.4. The molecule has 1 aliphatic rings. The predicted molar refractivity (Wildman–Crippen MR) is 83.4 cm³/mol. The Bertz CT molecular complexity index is 271. The van der Waals surface area contributed by atoms with Gasteiger partial charge in [0.25, 0.3) is 0 Å². The van der Waals surface area contributed by atoms with Crippen molar-refractivity contribution in [1.29, 1.82) is 0 Å². The van der Waals surface area contributed by atoms with E-state index >= 15 is 0 Å². The molecule has 0 amide bonds. The van der Waals surface area contributed by atoms with E-state index < -0.39 is 0 Å². The molecular formula is C17H36NO2+. The first kappa shape index (κ1) is 17.9. The SMILES string of the molecule is CCCCCCCCO[N+]1(O)C(C)(C)CCCC1(C)C. The second-order valence-electron chi connectivity index (χ2n) is 7.66. The number of nitrogens with zero attached hydrogens (tertiary/aromatic N) is 1. The Kier molecular flexibility index (Phi) is 6.49. The number of hydroxylamine groups is 4. The van der Waals surface area contributed by atoms with Gasteiger partial charge >= 0.3 is 0 Å². The fourth-order valence-electron chi connectivity index (χ4n) is 3.50. The van der Waals surface area contributed by atoms with Gasteiger partial charge in [-0.05, 0) is 45.3 Å². The van der Waals surface area contributed by atoms with E-state index in [0.717, 1.165) is 19.3 Å². The smallest absolute Gasteiger partial charge is 0.157 e. The van der Waals surface area contributed by atoms with Crippen molar-refractivity contribution in [3.05, 3.63) is 0 Å². The second kappa shape index (κ2) is 7.24. The Labute approximate surface area is 125 Å². The van der Waals surface area contributed by atoms with Crippen molar-refractivity contribution in [2.75, 3.05) is 6.61 Å². The summed E-state index contributed by atoms with van der Waals surface area (Å²) in [5, 5.41) is 11.1. The number of rotatable bonds is 8. The summed E-state index contributed by atoms with van der Waals surface area (Å²) in [6.07, 6.45) is 10.7. The normalized spacial score (nSPS) is 23.7. The minimum absolute atomic E-state index is 0.218. The first-order valence-corrected chi connectivity index (χ1v) is 8.53. The highest BCUT2D eigenvalue weighted by molar-refractivity contribution is 4.81. The van der Waals surface area contributed by atoms with Gasteiger partial charge in [0.05, 0.1) is 0 Å². The Balaban J connectivity index is 2.42. The topological polar surface area (TPSA) is 29.5 Å². The standard InChI is InChI=1S/C17H36NO2/c1-6-7-8-9-10-11-15-20-18(19)16(2,3)13-12-14-17(18,4)5/h19H,6-15H2,1-5H3/q+1. The maximum Gasteiger partial charge on any atom is 0.157 e. The highest BCUT2D eigenvalue weighted by Crippen LogP contribution is 2.44. The molecule has 1 saturated heterocycles. The lowest BCUT2D eigenvalue weighted by Crippen LogP contribution is -2.71. The molecule has 0 aromatic carbocycles. The van der Waals surface area contributed by atoms with Crippen LogP contribution in [0.2, 0.25) is 0 Å². The third kappa shape index (κ3) is 3.96. The van der Waals surface area contributed by atoms with E-state index in [2.05, 4.69) is 34.6 Å². The van der Waals surface area contributed by atoms with Crippen molar-refractivity contribution < 1.29 is 14.9 Å². The van der Waals surface area contributed by atoms with E-state index in [4.69, 9.17) is 4.84 Å². The van der Waals surface area contributed by atoms with Crippen LogP contribution in [-0.4, -0.2) is 27.7 Å². The minimum atomic E-state index is -0.227. The molecule has 1 rings (SSSR count). The van der Waals surface area contributed by atoms with Gasteiger partial charge in [0.2, 0.25) is 0 Å². The summed E-state index contributed by atoms with van der Waals surface area (Å²) in [6, 6.07) is 0. The second-order valence-corrected chi connectivity index (χ2v) is 7.66. The number of hydrogen-bond acceptors (Lipinski definition) is 2. The molecule has 0 radical (unpaired) electrons. The third-order valence-electron chi connectivity index (χ3n) is 4.99. The highest BCUT2D eigenvalue weighted by atomic mass is 16.9. The van der Waals surface area contributed by atoms with E-state index in [9.17, 15) is 5.21 Å². The zero-order chi connectivity index (χ0) is 15.3. The van der Waals surface area contributed by atoms with E-state index in [-0.39, 0.29) is 15.9 Å². The van der Waals surface area contributed by atoms with Gasteiger partial charge < -0.3 is 0 Å².